The molecule has 1 aromatic carbocycles. The van der Waals surface area contributed by atoms with Gasteiger partial charge in [0.15, 0.2) is 0 Å². The molecule has 0 unspecified atom stereocenters. The molecular formula is C21H31NO5. The first kappa shape index (κ1) is 21.2. The number of hydrogen-bond donors (Lipinski definition) is 1. The van der Waals surface area contributed by atoms with Crippen LogP contribution in [0.3, 0.4) is 0 Å². The van der Waals surface area contributed by atoms with Gasteiger partial charge < -0.3 is 19.5 Å². The highest BCUT2D eigenvalue weighted by Gasteiger charge is 2.41. The van der Waals surface area contributed by atoms with Crippen LogP contribution >= 0.6 is 0 Å². The van der Waals surface area contributed by atoms with E-state index in [9.17, 15) is 9.59 Å². The molecule has 1 aliphatic rings. The van der Waals surface area contributed by atoms with Crippen molar-refractivity contribution in [1.29, 1.82) is 0 Å². The molecule has 1 fully saturated rings. The van der Waals surface area contributed by atoms with Gasteiger partial charge in [0.1, 0.15) is 16.9 Å². The number of benzene rings is 1. The molecule has 0 spiro atoms. The van der Waals surface area contributed by atoms with Crippen molar-refractivity contribution in [2.24, 2.45) is 5.92 Å². The summed E-state index contributed by atoms with van der Waals surface area (Å²) in [4.78, 5) is 25.2. The normalized spacial score (nSPS) is 22.4. The number of carbonyl (C=O) groups excluding carboxylic acids is 2. The Hall–Kier alpha value is -2.08. The third-order valence-electron chi connectivity index (χ3n) is 4.98. The lowest BCUT2D eigenvalue weighted by molar-refractivity contribution is -0.142. The molecule has 2 rings (SSSR count). The monoisotopic (exact) mass is 377 g/mol. The second-order valence-corrected chi connectivity index (χ2v) is 7.43. The van der Waals surface area contributed by atoms with Crippen molar-refractivity contribution in [3.05, 3.63) is 23.8 Å². The highest BCUT2D eigenvalue weighted by Crippen LogP contribution is 2.35. The zero-order chi connectivity index (χ0) is 20.0. The summed E-state index contributed by atoms with van der Waals surface area (Å²) in [6.45, 7) is 7.98. The van der Waals surface area contributed by atoms with Gasteiger partial charge >= 0.3 is 5.97 Å². The molecule has 150 valence electrons. The highest BCUT2D eigenvalue weighted by molar-refractivity contribution is 5.99. The summed E-state index contributed by atoms with van der Waals surface area (Å²) >= 11 is 0. The Morgan fingerprint density at radius 3 is 2.48 bits per heavy atom. The fourth-order valence-corrected chi connectivity index (χ4v) is 3.33. The van der Waals surface area contributed by atoms with Crippen molar-refractivity contribution in [1.82, 2.24) is 0 Å². The lowest BCUT2D eigenvalue weighted by Gasteiger charge is -2.36. The van der Waals surface area contributed by atoms with Gasteiger partial charge in [-0.1, -0.05) is 6.92 Å². The Balaban J connectivity index is 2.23. The van der Waals surface area contributed by atoms with Crippen molar-refractivity contribution in [3.63, 3.8) is 0 Å². The molecule has 1 N–H and O–H groups in total. The van der Waals surface area contributed by atoms with E-state index in [4.69, 9.17) is 14.2 Å². The highest BCUT2D eigenvalue weighted by atomic mass is 16.5. The minimum atomic E-state index is -0.816. The molecule has 6 heteroatoms. The number of hydrogen-bond acceptors (Lipinski definition) is 5. The zero-order valence-electron chi connectivity index (χ0n) is 17.0. The number of amides is 1. The van der Waals surface area contributed by atoms with Gasteiger partial charge in [-0.3, -0.25) is 4.79 Å². The average molecular weight is 377 g/mol. The first-order valence-corrected chi connectivity index (χ1v) is 9.65. The number of esters is 1. The van der Waals surface area contributed by atoms with Crippen LogP contribution in [0.4, 0.5) is 5.69 Å². The summed E-state index contributed by atoms with van der Waals surface area (Å²) in [5.41, 5.74) is 0.00487. The second-order valence-electron chi connectivity index (χ2n) is 7.43. The molecular weight excluding hydrogens is 346 g/mol. The van der Waals surface area contributed by atoms with E-state index in [0.717, 1.165) is 12.8 Å². The van der Waals surface area contributed by atoms with E-state index in [2.05, 4.69) is 12.2 Å². The van der Waals surface area contributed by atoms with Gasteiger partial charge in [0, 0.05) is 12.8 Å². The van der Waals surface area contributed by atoms with Crippen molar-refractivity contribution >= 4 is 17.6 Å². The van der Waals surface area contributed by atoms with Crippen LogP contribution in [0.25, 0.3) is 0 Å². The van der Waals surface area contributed by atoms with Gasteiger partial charge in [-0.2, -0.15) is 0 Å². The molecule has 0 saturated heterocycles. The van der Waals surface area contributed by atoms with Gasteiger partial charge in [0.25, 0.3) is 5.91 Å². The van der Waals surface area contributed by atoms with E-state index >= 15 is 0 Å². The quantitative estimate of drug-likeness (QED) is 0.722. The predicted octanol–water partition coefficient (Wildman–Crippen LogP) is 4.18. The van der Waals surface area contributed by atoms with Gasteiger partial charge in [0.2, 0.25) is 0 Å². The zero-order valence-corrected chi connectivity index (χ0v) is 17.0. The maximum absolute atomic E-state index is 12.9. The summed E-state index contributed by atoms with van der Waals surface area (Å²) < 4.78 is 16.5. The van der Waals surface area contributed by atoms with Crippen LogP contribution in [-0.4, -0.2) is 37.3 Å². The molecule has 1 aromatic rings. The molecule has 27 heavy (non-hydrogen) atoms. The summed E-state index contributed by atoms with van der Waals surface area (Å²) in [5, 5.41) is 2.91. The van der Waals surface area contributed by atoms with Gasteiger partial charge in [-0.15, -0.1) is 0 Å². The van der Waals surface area contributed by atoms with Gasteiger partial charge in [-0.05, 0) is 70.6 Å². The second kappa shape index (κ2) is 9.22. The number of rotatable bonds is 7. The Morgan fingerprint density at radius 1 is 1.26 bits per heavy atom. The first-order chi connectivity index (χ1) is 12.8. The molecule has 1 saturated carbocycles. The van der Waals surface area contributed by atoms with Gasteiger partial charge in [0.05, 0.1) is 12.7 Å². The molecule has 1 aliphatic carbocycles. The van der Waals surface area contributed by atoms with Crippen LogP contribution in [0.15, 0.2) is 18.2 Å². The molecule has 0 atom stereocenters. The van der Waals surface area contributed by atoms with E-state index in [-0.39, 0.29) is 18.6 Å². The van der Waals surface area contributed by atoms with Crippen LogP contribution in [-0.2, 0) is 14.3 Å². The topological polar surface area (TPSA) is 73.9 Å². The van der Waals surface area contributed by atoms with Crippen LogP contribution in [0, 0.1) is 5.92 Å². The number of carbonyl (C=O) groups is 2. The molecule has 1 amide bonds. The molecule has 0 aliphatic heterocycles. The molecule has 0 aromatic heterocycles. The standard InChI is InChI=1S/C21H31NO5/c1-6-26-19(23)17-13-16(7-8-18(17)27-14(2)3)22-20(24)21(25-5)11-9-15(4)10-12-21/h7-8,13-15H,6,9-12H2,1-5H3,(H,22,24). The van der Waals surface area contributed by atoms with Crippen molar-refractivity contribution in [3.8, 4) is 5.75 Å². The van der Waals surface area contributed by atoms with Crippen molar-refractivity contribution < 1.29 is 23.8 Å². The first-order valence-electron chi connectivity index (χ1n) is 9.65. The summed E-state index contributed by atoms with van der Waals surface area (Å²) in [6, 6.07) is 5.01. The van der Waals surface area contributed by atoms with E-state index in [1.807, 2.05) is 13.8 Å². The average Bonchev–Trinajstić information content (AvgIpc) is 2.63. The number of methoxy groups -OCH3 is 1. The Bertz CT molecular complexity index is 663. The van der Waals surface area contributed by atoms with Crippen LogP contribution in [0.5, 0.6) is 5.75 Å². The van der Waals surface area contributed by atoms with E-state index < -0.39 is 11.6 Å². The molecule has 0 radical (unpaired) electrons. The number of anilines is 1. The lowest BCUT2D eigenvalue weighted by atomic mass is 9.79. The Morgan fingerprint density at radius 2 is 1.93 bits per heavy atom. The van der Waals surface area contributed by atoms with E-state index in [0.29, 0.717) is 35.8 Å². The van der Waals surface area contributed by atoms with Gasteiger partial charge in [-0.25, -0.2) is 4.79 Å². The number of nitrogens with one attached hydrogen (secondary N) is 1. The maximum atomic E-state index is 12.9. The van der Waals surface area contributed by atoms with Crippen molar-refractivity contribution in [2.45, 2.75) is 65.1 Å². The third kappa shape index (κ3) is 5.22. The van der Waals surface area contributed by atoms with Crippen LogP contribution in [0.2, 0.25) is 0 Å². The van der Waals surface area contributed by atoms with Crippen molar-refractivity contribution in [2.75, 3.05) is 19.0 Å². The fourth-order valence-electron chi connectivity index (χ4n) is 3.33. The van der Waals surface area contributed by atoms with Crippen LogP contribution < -0.4 is 10.1 Å². The lowest BCUT2D eigenvalue weighted by Crippen LogP contribution is -2.47. The van der Waals surface area contributed by atoms with E-state index in [1.54, 1.807) is 32.2 Å². The minimum Gasteiger partial charge on any atom is -0.490 e. The number of ether oxygens (including phenoxy) is 3. The largest absolute Gasteiger partial charge is 0.490 e. The third-order valence-corrected chi connectivity index (χ3v) is 4.98. The summed E-state index contributed by atoms with van der Waals surface area (Å²) in [5.74, 6) is 0.389. The van der Waals surface area contributed by atoms with E-state index in [1.165, 1.54) is 0 Å². The molecule has 0 heterocycles. The molecule has 0 bridgehead atoms. The smallest absolute Gasteiger partial charge is 0.341 e. The maximum Gasteiger partial charge on any atom is 0.341 e. The predicted molar refractivity (Wildman–Crippen MR) is 104 cm³/mol. The summed E-state index contributed by atoms with van der Waals surface area (Å²) in [7, 11) is 1.58. The molecule has 6 nitrogen and oxygen atoms in total. The summed E-state index contributed by atoms with van der Waals surface area (Å²) in [6.07, 6.45) is 3.21. The minimum absolute atomic E-state index is 0.0837. The Labute approximate surface area is 161 Å². The van der Waals surface area contributed by atoms with Crippen LogP contribution in [0.1, 0.15) is 63.7 Å². The SMILES string of the molecule is CCOC(=O)c1cc(NC(=O)C2(OC)CCC(C)CC2)ccc1OC(C)C. The Kier molecular flexibility index (Phi) is 7.25. The fraction of sp³-hybridized carbons (Fsp3) is 0.619.